The molecule has 0 N–H and O–H groups in total. The van der Waals surface area contributed by atoms with E-state index in [4.69, 9.17) is 4.74 Å². The normalized spacial score (nSPS) is 16.0. The van der Waals surface area contributed by atoms with Crippen molar-refractivity contribution in [3.8, 4) is 5.75 Å². The van der Waals surface area contributed by atoms with Gasteiger partial charge in [-0.3, -0.25) is 0 Å². The van der Waals surface area contributed by atoms with E-state index in [0.717, 1.165) is 16.9 Å². The number of hydrogen-bond acceptors (Lipinski definition) is 6. The van der Waals surface area contributed by atoms with Gasteiger partial charge in [-0.05, 0) is 64.8 Å². The highest BCUT2D eigenvalue weighted by Crippen LogP contribution is 2.29. The lowest BCUT2D eigenvalue weighted by Crippen LogP contribution is -2.29. The van der Waals surface area contributed by atoms with E-state index in [1.54, 1.807) is 12.1 Å². The maximum Gasteiger partial charge on any atom is 0.283 e. The Balaban J connectivity index is 2.02. The number of rotatable bonds is 6. The Labute approximate surface area is 166 Å². The molecule has 1 aliphatic rings. The molecule has 2 heterocycles. The van der Waals surface area contributed by atoms with Gasteiger partial charge in [0, 0.05) is 13.1 Å². The molecule has 0 bridgehead atoms. The van der Waals surface area contributed by atoms with Gasteiger partial charge in [0.15, 0.2) is 0 Å². The molecule has 0 radical (unpaired) electrons. The second-order valence-corrected chi connectivity index (χ2v) is 10.7. The molecule has 0 atom stereocenters. The first kappa shape index (κ1) is 20.8. The van der Waals surface area contributed by atoms with Crippen LogP contribution in [0.3, 0.4) is 0 Å². The molecule has 154 valence electrons. The fourth-order valence-corrected chi connectivity index (χ4v) is 6.62. The summed E-state index contributed by atoms with van der Waals surface area (Å²) in [5, 5.41) is 4.06. The van der Waals surface area contributed by atoms with Crippen molar-refractivity contribution in [3.05, 3.63) is 35.7 Å². The summed E-state index contributed by atoms with van der Waals surface area (Å²) in [7, 11) is -7.81. The van der Waals surface area contributed by atoms with Gasteiger partial charge in [-0.25, -0.2) is 8.42 Å². The average molecular weight is 428 g/mol. The van der Waals surface area contributed by atoms with E-state index in [1.807, 2.05) is 13.8 Å². The van der Waals surface area contributed by atoms with Crippen LogP contribution in [0, 0.1) is 13.8 Å². The monoisotopic (exact) mass is 427 g/mol. The first-order chi connectivity index (χ1) is 13.0. The van der Waals surface area contributed by atoms with Crippen LogP contribution >= 0.6 is 0 Å². The van der Waals surface area contributed by atoms with Crippen molar-refractivity contribution in [2.45, 2.75) is 56.4 Å². The molecule has 0 saturated carbocycles. The molecule has 0 amide bonds. The lowest BCUT2D eigenvalue weighted by molar-refractivity contribution is 0.242. The summed E-state index contributed by atoms with van der Waals surface area (Å²) < 4.78 is 59.8. The summed E-state index contributed by atoms with van der Waals surface area (Å²) in [5.41, 5.74) is 0.264. The lowest BCUT2D eigenvalue weighted by atomic mass is 10.3. The molecular weight excluding hydrogens is 402 g/mol. The Bertz CT molecular complexity index is 1070. The topological polar surface area (TPSA) is 98.6 Å². The Morgan fingerprint density at radius 3 is 2.07 bits per heavy atom. The van der Waals surface area contributed by atoms with Gasteiger partial charge in [0.25, 0.3) is 10.0 Å². The van der Waals surface area contributed by atoms with Crippen molar-refractivity contribution in [1.82, 2.24) is 13.5 Å². The molecule has 2 aromatic rings. The second-order valence-electron chi connectivity index (χ2n) is 7.10. The molecule has 1 aromatic carbocycles. The lowest BCUT2D eigenvalue weighted by Gasteiger charge is -2.15. The van der Waals surface area contributed by atoms with Crippen molar-refractivity contribution in [1.29, 1.82) is 0 Å². The van der Waals surface area contributed by atoms with Crippen molar-refractivity contribution < 1.29 is 21.6 Å². The van der Waals surface area contributed by atoms with E-state index < -0.39 is 20.0 Å². The minimum atomic E-state index is -4.03. The largest absolute Gasteiger partial charge is 0.491 e. The van der Waals surface area contributed by atoms with Gasteiger partial charge in [0.1, 0.15) is 10.6 Å². The van der Waals surface area contributed by atoms with Gasteiger partial charge in [0.05, 0.1) is 22.4 Å². The molecule has 0 spiro atoms. The SMILES string of the molecule is Cc1nn(S(=O)(=O)c2ccc(OC(C)C)cc2)c(C)c1S(=O)(=O)N1CCCC1. The fourth-order valence-electron chi connectivity index (χ4n) is 3.33. The summed E-state index contributed by atoms with van der Waals surface area (Å²) in [4.78, 5) is -0.0166. The molecule has 28 heavy (non-hydrogen) atoms. The zero-order valence-electron chi connectivity index (χ0n) is 16.4. The Hall–Kier alpha value is -1.91. The second kappa shape index (κ2) is 7.49. The predicted octanol–water partition coefficient (Wildman–Crippen LogP) is 2.31. The smallest absolute Gasteiger partial charge is 0.283 e. The van der Waals surface area contributed by atoms with E-state index in [9.17, 15) is 16.8 Å². The molecule has 10 heteroatoms. The standard InChI is InChI=1S/C18H25N3O5S2/c1-13(2)26-16-7-9-17(10-8-16)27(22,23)21-15(4)18(14(3)19-21)28(24,25)20-11-5-6-12-20/h7-10,13H,5-6,11-12H2,1-4H3. The highest BCUT2D eigenvalue weighted by molar-refractivity contribution is 7.90. The van der Waals surface area contributed by atoms with Crippen LogP contribution in [0.15, 0.2) is 34.1 Å². The molecule has 0 unspecified atom stereocenters. The number of aryl methyl sites for hydroxylation is 1. The summed E-state index contributed by atoms with van der Waals surface area (Å²) in [6, 6.07) is 6.00. The maximum atomic E-state index is 13.1. The van der Waals surface area contributed by atoms with Gasteiger partial charge in [-0.2, -0.15) is 21.9 Å². The minimum Gasteiger partial charge on any atom is -0.491 e. The van der Waals surface area contributed by atoms with Crippen LogP contribution in [-0.4, -0.2) is 49.5 Å². The molecule has 0 aliphatic carbocycles. The average Bonchev–Trinajstić information content (AvgIpc) is 3.24. The highest BCUT2D eigenvalue weighted by Gasteiger charge is 2.35. The van der Waals surface area contributed by atoms with E-state index in [-0.39, 0.29) is 27.3 Å². The van der Waals surface area contributed by atoms with Gasteiger partial charge in [-0.15, -0.1) is 0 Å². The van der Waals surface area contributed by atoms with Crippen molar-refractivity contribution >= 4 is 20.0 Å². The Morgan fingerprint density at radius 2 is 1.54 bits per heavy atom. The molecule has 3 rings (SSSR count). The Kier molecular flexibility index (Phi) is 5.57. The summed E-state index contributed by atoms with van der Waals surface area (Å²) >= 11 is 0. The zero-order chi connectivity index (χ0) is 20.7. The zero-order valence-corrected chi connectivity index (χ0v) is 18.0. The predicted molar refractivity (Wildman–Crippen MR) is 104 cm³/mol. The van der Waals surface area contributed by atoms with E-state index >= 15 is 0 Å². The number of aromatic nitrogens is 2. The first-order valence-corrected chi connectivity index (χ1v) is 12.0. The molecule has 1 aromatic heterocycles. The minimum absolute atomic E-state index is 0.0133. The third-order valence-corrected chi connectivity index (χ3v) is 8.40. The molecular formula is C18H25N3O5S2. The fraction of sp³-hybridized carbons (Fsp3) is 0.500. The summed E-state index contributed by atoms with van der Waals surface area (Å²) in [5.74, 6) is 0.555. The number of benzene rings is 1. The first-order valence-electron chi connectivity index (χ1n) is 9.14. The van der Waals surface area contributed by atoms with Crippen LogP contribution in [0.5, 0.6) is 5.75 Å². The van der Waals surface area contributed by atoms with E-state index in [1.165, 1.54) is 30.3 Å². The molecule has 8 nitrogen and oxygen atoms in total. The quantitative estimate of drug-likeness (QED) is 0.702. The van der Waals surface area contributed by atoms with Gasteiger partial charge >= 0.3 is 0 Å². The molecule has 1 saturated heterocycles. The third-order valence-electron chi connectivity index (χ3n) is 4.57. The van der Waals surface area contributed by atoms with Crippen molar-refractivity contribution in [2.24, 2.45) is 0 Å². The number of ether oxygens (including phenoxy) is 1. The number of nitrogens with zero attached hydrogens (tertiary/aromatic N) is 3. The number of sulfonamides is 1. The Morgan fingerprint density at radius 1 is 0.964 bits per heavy atom. The molecule has 1 fully saturated rings. The van der Waals surface area contributed by atoms with Gasteiger partial charge in [-0.1, -0.05) is 0 Å². The van der Waals surface area contributed by atoms with Crippen LogP contribution in [0.2, 0.25) is 0 Å². The summed E-state index contributed by atoms with van der Waals surface area (Å²) in [6.07, 6.45) is 1.57. The van der Waals surface area contributed by atoms with Crippen LogP contribution < -0.4 is 4.74 Å². The third kappa shape index (κ3) is 3.68. The summed E-state index contributed by atoms with van der Waals surface area (Å²) in [6.45, 7) is 7.62. The van der Waals surface area contributed by atoms with Crippen molar-refractivity contribution in [2.75, 3.05) is 13.1 Å². The number of hydrogen-bond donors (Lipinski definition) is 0. The van der Waals surface area contributed by atoms with Crippen molar-refractivity contribution in [3.63, 3.8) is 0 Å². The van der Waals surface area contributed by atoms with Crippen LogP contribution in [0.1, 0.15) is 38.1 Å². The van der Waals surface area contributed by atoms with E-state index in [2.05, 4.69) is 5.10 Å². The van der Waals surface area contributed by atoms with Gasteiger partial charge in [0.2, 0.25) is 10.0 Å². The van der Waals surface area contributed by atoms with Crippen LogP contribution in [0.25, 0.3) is 0 Å². The highest BCUT2D eigenvalue weighted by atomic mass is 32.2. The van der Waals surface area contributed by atoms with Crippen LogP contribution in [0.4, 0.5) is 0 Å². The van der Waals surface area contributed by atoms with E-state index in [0.29, 0.717) is 18.8 Å². The van der Waals surface area contributed by atoms with Gasteiger partial charge < -0.3 is 4.74 Å². The van der Waals surface area contributed by atoms with Crippen LogP contribution in [-0.2, 0) is 20.0 Å². The maximum absolute atomic E-state index is 13.1. The molecule has 1 aliphatic heterocycles.